The molecular formula is C19H19ClN4S. The zero-order valence-corrected chi connectivity index (χ0v) is 15.3. The van der Waals surface area contributed by atoms with Crippen LogP contribution in [0.25, 0.3) is 11.0 Å². The van der Waals surface area contributed by atoms with Crippen molar-refractivity contribution >= 4 is 45.7 Å². The van der Waals surface area contributed by atoms with Crippen LogP contribution in [0, 0.1) is 0 Å². The van der Waals surface area contributed by atoms with Crippen molar-refractivity contribution in [3.05, 3.63) is 59.4 Å². The number of fused-ring (bicyclic) bond motifs is 1. The lowest BCUT2D eigenvalue weighted by Gasteiger charge is -2.33. The third-order valence-corrected chi connectivity index (χ3v) is 5.17. The van der Waals surface area contributed by atoms with E-state index < -0.39 is 0 Å². The number of piperidine rings is 1. The highest BCUT2D eigenvalue weighted by Gasteiger charge is 2.25. The molecule has 0 amide bonds. The Morgan fingerprint density at radius 2 is 2.12 bits per heavy atom. The Bertz CT molecular complexity index is 874. The van der Waals surface area contributed by atoms with Crippen LogP contribution in [0.4, 0.5) is 5.69 Å². The molecule has 4 nitrogen and oxygen atoms in total. The van der Waals surface area contributed by atoms with Crippen molar-refractivity contribution in [1.82, 2.24) is 14.9 Å². The molecule has 2 aromatic carbocycles. The van der Waals surface area contributed by atoms with Gasteiger partial charge in [-0.25, -0.2) is 4.98 Å². The van der Waals surface area contributed by atoms with Crippen molar-refractivity contribution in [2.75, 3.05) is 18.4 Å². The average Bonchev–Trinajstić information content (AvgIpc) is 3.06. The standard InChI is InChI=1S/C19H19ClN4S/c20-14-6-3-7-15(11-14)21-19(25)24-10-4-5-13(12-24)18-22-16-8-1-2-9-17(16)23-18/h1-3,6-9,11,13H,4-5,10,12H2,(H,21,25)(H,22,23). The number of nitrogens with zero attached hydrogens (tertiary/aromatic N) is 2. The average molecular weight is 371 g/mol. The summed E-state index contributed by atoms with van der Waals surface area (Å²) in [4.78, 5) is 10.4. The maximum absolute atomic E-state index is 6.05. The second-order valence-electron chi connectivity index (χ2n) is 6.36. The van der Waals surface area contributed by atoms with Crippen LogP contribution >= 0.6 is 23.8 Å². The third-order valence-electron chi connectivity index (χ3n) is 4.58. The molecule has 1 aromatic heterocycles. The Labute approximate surface area is 157 Å². The molecule has 3 aromatic rings. The first kappa shape index (κ1) is 16.4. The van der Waals surface area contributed by atoms with Crippen LogP contribution in [-0.2, 0) is 0 Å². The maximum Gasteiger partial charge on any atom is 0.173 e. The lowest BCUT2D eigenvalue weighted by molar-refractivity contribution is 0.307. The van der Waals surface area contributed by atoms with Gasteiger partial charge in [-0.2, -0.15) is 0 Å². The van der Waals surface area contributed by atoms with Gasteiger partial charge >= 0.3 is 0 Å². The molecule has 0 aliphatic carbocycles. The number of halogens is 1. The zero-order valence-electron chi connectivity index (χ0n) is 13.7. The highest BCUT2D eigenvalue weighted by molar-refractivity contribution is 7.80. The summed E-state index contributed by atoms with van der Waals surface area (Å²) < 4.78 is 0. The van der Waals surface area contributed by atoms with Gasteiger partial charge in [-0.1, -0.05) is 29.8 Å². The summed E-state index contributed by atoms with van der Waals surface area (Å²) in [7, 11) is 0. The molecule has 1 aliphatic rings. The van der Waals surface area contributed by atoms with E-state index >= 15 is 0 Å². The van der Waals surface area contributed by atoms with E-state index in [9.17, 15) is 0 Å². The number of aromatic amines is 1. The number of nitrogens with one attached hydrogen (secondary N) is 2. The molecule has 1 unspecified atom stereocenters. The van der Waals surface area contributed by atoms with Gasteiger partial charge in [0.2, 0.25) is 0 Å². The second-order valence-corrected chi connectivity index (χ2v) is 7.19. The highest BCUT2D eigenvalue weighted by Crippen LogP contribution is 2.27. The van der Waals surface area contributed by atoms with Gasteiger partial charge in [-0.15, -0.1) is 0 Å². The fourth-order valence-corrected chi connectivity index (χ4v) is 3.79. The second kappa shape index (κ2) is 7.02. The lowest BCUT2D eigenvalue weighted by Crippen LogP contribution is -2.41. The Hall–Kier alpha value is -2.11. The van der Waals surface area contributed by atoms with Crippen LogP contribution in [0.5, 0.6) is 0 Å². The first-order valence-electron chi connectivity index (χ1n) is 8.45. The fourth-order valence-electron chi connectivity index (χ4n) is 3.32. The molecule has 0 bridgehead atoms. The number of aromatic nitrogens is 2. The molecule has 0 saturated carbocycles. The summed E-state index contributed by atoms with van der Waals surface area (Å²) in [6.07, 6.45) is 2.22. The number of benzene rings is 2. The van der Waals surface area contributed by atoms with Gasteiger partial charge in [-0.3, -0.25) is 0 Å². The molecule has 2 N–H and O–H groups in total. The number of rotatable bonds is 2. The molecule has 1 atom stereocenters. The van der Waals surface area contributed by atoms with Crippen molar-refractivity contribution in [2.24, 2.45) is 0 Å². The summed E-state index contributed by atoms with van der Waals surface area (Å²) in [5, 5.41) is 4.73. The van der Waals surface area contributed by atoms with Crippen LogP contribution in [0.3, 0.4) is 0 Å². The monoisotopic (exact) mass is 370 g/mol. The normalized spacial score (nSPS) is 17.6. The summed E-state index contributed by atoms with van der Waals surface area (Å²) in [6.45, 7) is 1.83. The lowest BCUT2D eigenvalue weighted by atomic mass is 9.98. The molecule has 1 aliphatic heterocycles. The zero-order chi connectivity index (χ0) is 17.2. The molecule has 1 fully saturated rings. The van der Waals surface area contributed by atoms with Crippen molar-refractivity contribution < 1.29 is 0 Å². The van der Waals surface area contributed by atoms with Crippen LogP contribution in [0.15, 0.2) is 48.5 Å². The van der Waals surface area contributed by atoms with E-state index in [2.05, 4.69) is 21.3 Å². The predicted octanol–water partition coefficient (Wildman–Crippen LogP) is 4.79. The number of imidazole rings is 1. The predicted molar refractivity (Wildman–Crippen MR) is 107 cm³/mol. The summed E-state index contributed by atoms with van der Waals surface area (Å²) in [5.74, 6) is 1.41. The molecule has 0 radical (unpaired) electrons. The fraction of sp³-hybridized carbons (Fsp3) is 0.263. The van der Waals surface area contributed by atoms with E-state index in [1.165, 1.54) is 0 Å². The van der Waals surface area contributed by atoms with Gasteiger partial charge in [0.05, 0.1) is 11.0 Å². The molecular weight excluding hydrogens is 352 g/mol. The van der Waals surface area contributed by atoms with Gasteiger partial charge in [0.15, 0.2) is 5.11 Å². The Kier molecular flexibility index (Phi) is 4.59. The molecule has 6 heteroatoms. The largest absolute Gasteiger partial charge is 0.348 e. The van der Waals surface area contributed by atoms with E-state index in [0.29, 0.717) is 10.9 Å². The van der Waals surface area contributed by atoms with Crippen LogP contribution in [0.2, 0.25) is 5.02 Å². The van der Waals surface area contributed by atoms with Crippen molar-refractivity contribution in [3.63, 3.8) is 0 Å². The Morgan fingerprint density at radius 1 is 1.24 bits per heavy atom. The smallest absolute Gasteiger partial charge is 0.173 e. The molecule has 4 rings (SSSR count). The van der Waals surface area contributed by atoms with E-state index in [-0.39, 0.29) is 0 Å². The van der Waals surface area contributed by atoms with Crippen LogP contribution in [-0.4, -0.2) is 33.1 Å². The number of thiocarbonyl (C=S) groups is 1. The number of anilines is 1. The number of para-hydroxylation sites is 2. The van der Waals surface area contributed by atoms with E-state index in [4.69, 9.17) is 28.8 Å². The minimum absolute atomic E-state index is 0.361. The van der Waals surface area contributed by atoms with E-state index in [1.54, 1.807) is 0 Å². The van der Waals surface area contributed by atoms with Gasteiger partial charge in [-0.05, 0) is 55.4 Å². The number of hydrogen-bond donors (Lipinski definition) is 2. The van der Waals surface area contributed by atoms with Gasteiger partial charge in [0, 0.05) is 29.7 Å². The Morgan fingerprint density at radius 3 is 2.96 bits per heavy atom. The van der Waals surface area contributed by atoms with Crippen LogP contribution < -0.4 is 5.32 Å². The maximum atomic E-state index is 6.05. The van der Waals surface area contributed by atoms with E-state index in [0.717, 1.165) is 53.6 Å². The van der Waals surface area contributed by atoms with Gasteiger partial charge in [0.1, 0.15) is 5.82 Å². The topological polar surface area (TPSA) is 44.0 Å². The molecule has 0 spiro atoms. The molecule has 2 heterocycles. The quantitative estimate of drug-likeness (QED) is 0.636. The number of H-pyrrole nitrogens is 1. The summed E-state index contributed by atoms with van der Waals surface area (Å²) in [6, 6.07) is 15.8. The SMILES string of the molecule is S=C(Nc1cccc(Cl)c1)N1CCCC(c2nc3ccccc3[nH]2)C1. The first-order valence-corrected chi connectivity index (χ1v) is 9.24. The van der Waals surface area contributed by atoms with Crippen molar-refractivity contribution in [2.45, 2.75) is 18.8 Å². The molecule has 128 valence electrons. The molecule has 1 saturated heterocycles. The number of hydrogen-bond acceptors (Lipinski definition) is 2. The minimum Gasteiger partial charge on any atom is -0.348 e. The van der Waals surface area contributed by atoms with Gasteiger partial charge in [0.25, 0.3) is 0 Å². The van der Waals surface area contributed by atoms with Gasteiger partial charge < -0.3 is 15.2 Å². The van der Waals surface area contributed by atoms with E-state index in [1.807, 2.05) is 42.5 Å². The minimum atomic E-state index is 0.361. The first-order chi connectivity index (χ1) is 12.2. The highest BCUT2D eigenvalue weighted by atomic mass is 35.5. The Balaban J connectivity index is 1.47. The molecule has 25 heavy (non-hydrogen) atoms. The third kappa shape index (κ3) is 3.62. The summed E-state index contributed by atoms with van der Waals surface area (Å²) in [5.41, 5.74) is 3.03. The van der Waals surface area contributed by atoms with Crippen LogP contribution in [0.1, 0.15) is 24.6 Å². The summed E-state index contributed by atoms with van der Waals surface area (Å²) >= 11 is 11.7. The number of likely N-dealkylation sites (tertiary alicyclic amines) is 1. The van der Waals surface area contributed by atoms with Crippen molar-refractivity contribution in [3.8, 4) is 0 Å². The van der Waals surface area contributed by atoms with Crippen molar-refractivity contribution in [1.29, 1.82) is 0 Å².